The van der Waals surface area contributed by atoms with Crippen LogP contribution in [0.3, 0.4) is 0 Å². The molecule has 3 aromatic rings. The number of terminal acetylenes is 1. The Morgan fingerprint density at radius 1 is 1.33 bits per heavy atom. The minimum atomic E-state index is -3.51. The highest BCUT2D eigenvalue weighted by atomic mass is 32.5. The van der Waals surface area contributed by atoms with Crippen molar-refractivity contribution in [3.8, 4) is 18.1 Å². The third-order valence-electron chi connectivity index (χ3n) is 6.69. The van der Waals surface area contributed by atoms with Gasteiger partial charge in [-0.25, -0.2) is 10.1 Å². The van der Waals surface area contributed by atoms with E-state index in [1.54, 1.807) is 37.3 Å². The maximum absolute atomic E-state index is 12.9. The number of H-pyrrole nitrogens is 1. The molecule has 1 aromatic carbocycles. The number of aromatic amines is 1. The molecule has 232 valence electrons. The highest BCUT2D eigenvalue weighted by Gasteiger charge is 2.33. The molecule has 1 fully saturated rings. The number of esters is 1. The second-order valence-corrected chi connectivity index (χ2v) is 13.1. The third-order valence-corrected chi connectivity index (χ3v) is 9.19. The van der Waals surface area contributed by atoms with Crippen LogP contribution >= 0.6 is 6.64 Å². The molecule has 43 heavy (non-hydrogen) atoms. The number of anilines is 1. The third kappa shape index (κ3) is 8.61. The molecule has 16 heteroatoms. The normalized spacial score (nSPS) is 18.2. The summed E-state index contributed by atoms with van der Waals surface area (Å²) in [6.45, 7) is -2.94. The lowest BCUT2D eigenvalue weighted by atomic mass is 9.98. The van der Waals surface area contributed by atoms with Crippen molar-refractivity contribution in [2.45, 2.75) is 69.6 Å². The van der Waals surface area contributed by atoms with Crippen LogP contribution in [0.5, 0.6) is 5.75 Å². The minimum absolute atomic E-state index is 0.0355. The van der Waals surface area contributed by atoms with Gasteiger partial charge in [0.25, 0.3) is 5.56 Å². The van der Waals surface area contributed by atoms with E-state index in [1.165, 1.54) is 10.9 Å². The summed E-state index contributed by atoms with van der Waals surface area (Å²) in [6, 6.07) is 7.76. The minimum Gasteiger partial charge on any atom is -0.461 e. The van der Waals surface area contributed by atoms with Crippen LogP contribution in [0.15, 0.2) is 41.5 Å². The number of benzene rings is 1. The highest BCUT2D eigenvalue weighted by molar-refractivity contribution is 8.09. The predicted molar refractivity (Wildman–Crippen MR) is 161 cm³/mol. The van der Waals surface area contributed by atoms with Gasteiger partial charge in [-0.3, -0.25) is 19.1 Å². The molecule has 0 spiro atoms. The number of nitrogens with two attached hydrogens (primary N) is 1. The molecule has 1 aliphatic rings. The number of aliphatic hydroxyl groups is 2. The van der Waals surface area contributed by atoms with Crippen molar-refractivity contribution < 1.29 is 33.5 Å². The average molecular weight is 635 g/mol. The van der Waals surface area contributed by atoms with Crippen molar-refractivity contribution in [3.05, 3.63) is 47.0 Å². The number of aromatic nitrogens is 4. The number of carbonyl (C=O) groups is 1. The first-order valence-electron chi connectivity index (χ1n) is 13.7. The van der Waals surface area contributed by atoms with Gasteiger partial charge in [0.15, 0.2) is 17.4 Å². The van der Waals surface area contributed by atoms with Gasteiger partial charge in [0.1, 0.15) is 30.1 Å². The van der Waals surface area contributed by atoms with Crippen LogP contribution in [0.25, 0.3) is 11.2 Å². The van der Waals surface area contributed by atoms with E-state index in [1.807, 2.05) is 0 Å². The van der Waals surface area contributed by atoms with Gasteiger partial charge in [-0.2, -0.15) is 4.98 Å². The number of nitrogens with zero attached hydrogens (tertiary/aromatic N) is 3. The van der Waals surface area contributed by atoms with Crippen molar-refractivity contribution in [2.75, 3.05) is 18.9 Å². The second-order valence-electron chi connectivity index (χ2n) is 9.94. The predicted octanol–water partition coefficient (Wildman–Crippen LogP) is 1.75. The van der Waals surface area contributed by atoms with Crippen molar-refractivity contribution in [3.63, 3.8) is 0 Å². The van der Waals surface area contributed by atoms with Gasteiger partial charge in [-0.15, -0.1) is 6.42 Å². The average Bonchev–Trinajstić information content (AvgIpc) is 3.42. The van der Waals surface area contributed by atoms with Crippen LogP contribution in [0.2, 0.25) is 0 Å². The molecule has 6 N–H and O–H groups in total. The Bertz CT molecular complexity index is 1520. The summed E-state index contributed by atoms with van der Waals surface area (Å²) in [7, 11) is 0. The van der Waals surface area contributed by atoms with E-state index in [9.17, 15) is 19.8 Å². The summed E-state index contributed by atoms with van der Waals surface area (Å²) in [5.74, 6) is 1.90. The largest absolute Gasteiger partial charge is 0.461 e. The molecule has 2 heterocycles. The van der Waals surface area contributed by atoms with Gasteiger partial charge in [0.2, 0.25) is 5.95 Å². The SMILES string of the molecule is C#C[C@H](O)C(COP(=S)(NC(C)C(=O)OC1CCCCC1)Oc1ccccc1)OC(CO)n1cnc2c(=O)[nH]c(N)nc21. The first-order chi connectivity index (χ1) is 20.6. The first kappa shape index (κ1) is 32.6. The number of nitrogens with one attached hydrogen (secondary N) is 2. The van der Waals surface area contributed by atoms with Gasteiger partial charge in [0.05, 0.1) is 19.5 Å². The lowest BCUT2D eigenvalue weighted by Crippen LogP contribution is -2.39. The zero-order valence-electron chi connectivity index (χ0n) is 23.5. The molecule has 0 bridgehead atoms. The smallest absolute Gasteiger partial charge is 0.323 e. The monoisotopic (exact) mass is 634 g/mol. The second kappa shape index (κ2) is 14.9. The van der Waals surface area contributed by atoms with E-state index in [0.29, 0.717) is 5.75 Å². The molecule has 0 saturated heterocycles. The van der Waals surface area contributed by atoms with Gasteiger partial charge >= 0.3 is 12.6 Å². The molecular weight excluding hydrogens is 599 g/mol. The summed E-state index contributed by atoms with van der Waals surface area (Å²) >= 11 is 5.77. The lowest BCUT2D eigenvalue weighted by Gasteiger charge is -2.31. The van der Waals surface area contributed by atoms with E-state index < -0.39 is 55.9 Å². The number of hydrogen-bond donors (Lipinski definition) is 5. The molecule has 1 saturated carbocycles. The Morgan fingerprint density at radius 2 is 2.05 bits per heavy atom. The fraction of sp³-hybridized carbons (Fsp3) is 0.481. The molecule has 0 aliphatic heterocycles. The number of imidazole rings is 1. The maximum atomic E-state index is 12.9. The molecule has 2 aromatic heterocycles. The molecule has 14 nitrogen and oxygen atoms in total. The molecular formula is C27H35N6O8PS. The number of ether oxygens (including phenoxy) is 2. The summed E-state index contributed by atoms with van der Waals surface area (Å²) < 4.78 is 25.0. The number of rotatable bonds is 14. The molecule has 0 amide bonds. The number of fused-ring (bicyclic) bond motifs is 1. The van der Waals surface area contributed by atoms with Gasteiger partial charge in [-0.1, -0.05) is 30.5 Å². The van der Waals surface area contributed by atoms with Crippen molar-refractivity contribution in [1.29, 1.82) is 0 Å². The zero-order chi connectivity index (χ0) is 31.0. The van der Waals surface area contributed by atoms with Crippen LogP contribution in [0, 0.1) is 12.3 Å². The molecule has 0 radical (unpaired) electrons. The van der Waals surface area contributed by atoms with Crippen molar-refractivity contribution in [1.82, 2.24) is 24.6 Å². The number of hydrogen-bond acceptors (Lipinski definition) is 12. The van der Waals surface area contributed by atoms with E-state index in [0.717, 1.165) is 32.1 Å². The van der Waals surface area contributed by atoms with Crippen LogP contribution < -0.4 is 20.9 Å². The standard InChI is InChI=1S/C27H35N6O8PS/c1-3-20(35)21(40-22(14-34)33-16-29-23-24(33)30-27(28)31-25(23)36)15-38-42(43,41-19-12-8-5-9-13-19)32-17(2)26(37)39-18-10-6-4-7-11-18/h1,5,8-9,12-13,16-18,20-22,34-35H,4,6-7,10-11,14-15H2,2H3,(H,32,43)(H3,28,30,31,36)/t17?,20-,21?,22?,42?/m0/s1. The van der Waals surface area contributed by atoms with E-state index in [2.05, 4.69) is 26.0 Å². The Labute approximate surface area is 253 Å². The van der Waals surface area contributed by atoms with Crippen molar-refractivity contribution >= 4 is 41.5 Å². The van der Waals surface area contributed by atoms with E-state index in [4.69, 9.17) is 42.5 Å². The van der Waals surface area contributed by atoms with Crippen molar-refractivity contribution in [2.24, 2.45) is 0 Å². The highest BCUT2D eigenvalue weighted by Crippen LogP contribution is 2.45. The summed E-state index contributed by atoms with van der Waals surface area (Å²) in [4.78, 5) is 35.5. The zero-order valence-corrected chi connectivity index (χ0v) is 25.2. The Kier molecular flexibility index (Phi) is 11.3. The van der Waals surface area contributed by atoms with Gasteiger partial charge in [0, 0.05) is 0 Å². The fourth-order valence-corrected chi connectivity index (χ4v) is 6.90. The number of para-hydroxylation sites is 1. The lowest BCUT2D eigenvalue weighted by molar-refractivity contribution is -0.152. The molecule has 1 aliphatic carbocycles. The van der Waals surface area contributed by atoms with Crippen LogP contribution in [0.1, 0.15) is 45.3 Å². The number of carbonyl (C=O) groups excluding carboxylic acids is 1. The quantitative estimate of drug-likeness (QED) is 0.0978. The summed E-state index contributed by atoms with van der Waals surface area (Å²) in [5.41, 5.74) is 5.10. The maximum Gasteiger partial charge on any atom is 0.323 e. The van der Waals surface area contributed by atoms with Gasteiger partial charge in [-0.05, 0) is 56.5 Å². The molecule has 5 atom stereocenters. The van der Waals surface area contributed by atoms with E-state index in [-0.39, 0.29) is 23.2 Å². The Hall–Kier alpha value is -3.35. The fourth-order valence-electron chi connectivity index (χ4n) is 4.49. The number of aliphatic hydroxyl groups excluding tert-OH is 2. The Balaban J connectivity index is 1.52. The summed E-state index contributed by atoms with van der Waals surface area (Å²) in [6.07, 6.45) is 7.32. The Morgan fingerprint density at radius 3 is 2.72 bits per heavy atom. The molecule has 4 rings (SSSR count). The van der Waals surface area contributed by atoms with Crippen LogP contribution in [-0.2, 0) is 30.6 Å². The topological polar surface area (TPSA) is 196 Å². The number of nitrogen functional groups attached to an aromatic ring is 1. The first-order valence-corrected chi connectivity index (χ1v) is 16.4. The van der Waals surface area contributed by atoms with Gasteiger partial charge < -0.3 is 34.5 Å². The van der Waals surface area contributed by atoms with Crippen LogP contribution in [-0.4, -0.2) is 73.3 Å². The van der Waals surface area contributed by atoms with E-state index >= 15 is 0 Å². The van der Waals surface area contributed by atoms with Crippen LogP contribution in [0.4, 0.5) is 5.95 Å². The molecule has 4 unspecified atom stereocenters. The summed E-state index contributed by atoms with van der Waals surface area (Å²) in [5, 5.41) is 23.7.